The average molecular weight is 197 g/mol. The van der Waals surface area contributed by atoms with Crippen LogP contribution in [-0.4, -0.2) is 27.3 Å². The fourth-order valence-corrected chi connectivity index (χ4v) is 1.26. The smallest absolute Gasteiger partial charge is 0.122 e. The summed E-state index contributed by atoms with van der Waals surface area (Å²) in [6.45, 7) is 5.21. The van der Waals surface area contributed by atoms with E-state index in [1.165, 1.54) is 0 Å². The van der Waals surface area contributed by atoms with E-state index in [0.29, 0.717) is 0 Å². The Morgan fingerprint density at radius 2 is 2.29 bits per heavy atom. The molecule has 0 amide bonds. The molecule has 0 unspecified atom stereocenters. The molecule has 0 fully saturated rings. The van der Waals surface area contributed by atoms with Crippen molar-refractivity contribution in [1.82, 2.24) is 14.9 Å². The number of nitrogens with zero attached hydrogens (tertiary/aromatic N) is 2. The van der Waals surface area contributed by atoms with E-state index in [2.05, 4.69) is 14.9 Å². The molecule has 4 nitrogen and oxygen atoms in total. The van der Waals surface area contributed by atoms with Crippen molar-refractivity contribution in [1.29, 1.82) is 0 Å². The van der Waals surface area contributed by atoms with E-state index in [9.17, 15) is 5.11 Å². The number of aryl methyl sites for hydroxylation is 1. The highest BCUT2D eigenvalue weighted by Gasteiger charge is 2.12. The third-order valence-electron chi connectivity index (χ3n) is 2.10. The number of hydrogen-bond donors (Lipinski definition) is 2. The van der Waals surface area contributed by atoms with Gasteiger partial charge in [0.15, 0.2) is 0 Å². The first-order valence-corrected chi connectivity index (χ1v) is 4.90. The number of aliphatic hydroxyl groups is 1. The maximum absolute atomic E-state index is 9.59. The minimum atomic E-state index is -0.610. The van der Waals surface area contributed by atoms with Gasteiger partial charge in [-0.05, 0) is 27.3 Å². The van der Waals surface area contributed by atoms with Crippen LogP contribution in [0.4, 0.5) is 0 Å². The van der Waals surface area contributed by atoms with Crippen molar-refractivity contribution in [3.8, 4) is 0 Å². The number of rotatable bonds is 5. The Morgan fingerprint density at radius 1 is 1.57 bits per heavy atom. The number of imidazole rings is 1. The highest BCUT2D eigenvalue weighted by Crippen LogP contribution is 2.10. The van der Waals surface area contributed by atoms with Crippen LogP contribution in [0.1, 0.15) is 26.1 Å². The molecule has 2 N–H and O–H groups in total. The van der Waals surface area contributed by atoms with Gasteiger partial charge in [0.05, 0.1) is 12.1 Å². The summed E-state index contributed by atoms with van der Waals surface area (Å²) in [5, 5.41) is 12.6. The number of aromatic nitrogens is 2. The molecular weight excluding hydrogens is 178 g/mol. The summed E-state index contributed by atoms with van der Waals surface area (Å²) in [5.41, 5.74) is -0.610. The largest absolute Gasteiger partial charge is 0.390 e. The Bertz CT molecular complexity index is 275. The maximum atomic E-state index is 9.59. The van der Waals surface area contributed by atoms with Gasteiger partial charge in [0.2, 0.25) is 0 Å². The third-order valence-corrected chi connectivity index (χ3v) is 2.10. The first-order chi connectivity index (χ1) is 6.53. The van der Waals surface area contributed by atoms with E-state index < -0.39 is 5.60 Å². The minimum absolute atomic E-state index is 0.610. The SMILES string of the molecule is CNCc1nccn1CCC(C)(C)O. The van der Waals surface area contributed by atoms with Gasteiger partial charge < -0.3 is 15.0 Å². The van der Waals surface area contributed by atoms with Gasteiger partial charge in [-0.2, -0.15) is 0 Å². The number of hydrogen-bond acceptors (Lipinski definition) is 3. The third kappa shape index (κ3) is 3.47. The molecule has 14 heavy (non-hydrogen) atoms. The van der Waals surface area contributed by atoms with Gasteiger partial charge in [0.25, 0.3) is 0 Å². The van der Waals surface area contributed by atoms with Crippen LogP contribution in [-0.2, 0) is 13.1 Å². The average Bonchev–Trinajstić information content (AvgIpc) is 2.48. The predicted molar refractivity (Wildman–Crippen MR) is 55.9 cm³/mol. The maximum Gasteiger partial charge on any atom is 0.122 e. The van der Waals surface area contributed by atoms with Crippen molar-refractivity contribution < 1.29 is 5.11 Å². The zero-order valence-electron chi connectivity index (χ0n) is 9.12. The topological polar surface area (TPSA) is 50.1 Å². The molecular formula is C10H19N3O. The molecule has 4 heteroatoms. The van der Waals surface area contributed by atoms with Gasteiger partial charge >= 0.3 is 0 Å². The van der Waals surface area contributed by atoms with Crippen LogP contribution in [0, 0.1) is 0 Å². The molecule has 0 spiro atoms. The van der Waals surface area contributed by atoms with Crippen LogP contribution in [0.3, 0.4) is 0 Å². The second-order valence-electron chi connectivity index (χ2n) is 4.13. The summed E-state index contributed by atoms with van der Waals surface area (Å²) in [5.74, 6) is 1.01. The molecule has 0 aliphatic rings. The minimum Gasteiger partial charge on any atom is -0.390 e. The highest BCUT2D eigenvalue weighted by molar-refractivity contribution is 4.92. The molecule has 0 saturated carbocycles. The first-order valence-electron chi connectivity index (χ1n) is 4.90. The molecule has 0 radical (unpaired) electrons. The van der Waals surface area contributed by atoms with Crippen LogP contribution in [0.5, 0.6) is 0 Å². The van der Waals surface area contributed by atoms with Crippen molar-refractivity contribution in [2.45, 2.75) is 39.0 Å². The Morgan fingerprint density at radius 3 is 2.86 bits per heavy atom. The summed E-state index contributed by atoms with van der Waals surface area (Å²) in [6, 6.07) is 0. The quantitative estimate of drug-likeness (QED) is 0.733. The van der Waals surface area contributed by atoms with Crippen molar-refractivity contribution in [3.63, 3.8) is 0 Å². The van der Waals surface area contributed by atoms with E-state index in [1.54, 1.807) is 6.20 Å². The van der Waals surface area contributed by atoms with Crippen LogP contribution in [0.25, 0.3) is 0 Å². The fraction of sp³-hybridized carbons (Fsp3) is 0.700. The molecule has 0 atom stereocenters. The Hall–Kier alpha value is -0.870. The molecule has 1 aromatic rings. The van der Waals surface area contributed by atoms with Crippen molar-refractivity contribution in [2.24, 2.45) is 0 Å². The molecule has 0 saturated heterocycles. The molecule has 0 aliphatic heterocycles. The van der Waals surface area contributed by atoms with Crippen molar-refractivity contribution in [3.05, 3.63) is 18.2 Å². The van der Waals surface area contributed by atoms with Crippen LogP contribution in [0.2, 0.25) is 0 Å². The lowest BCUT2D eigenvalue weighted by molar-refractivity contribution is 0.0659. The van der Waals surface area contributed by atoms with Crippen LogP contribution >= 0.6 is 0 Å². The monoisotopic (exact) mass is 197 g/mol. The molecule has 1 rings (SSSR count). The van der Waals surface area contributed by atoms with E-state index in [4.69, 9.17) is 0 Å². The van der Waals surface area contributed by atoms with Crippen LogP contribution < -0.4 is 5.32 Å². The Balaban J connectivity index is 2.53. The molecule has 1 heterocycles. The molecule has 0 bridgehead atoms. The molecule has 1 aromatic heterocycles. The van der Waals surface area contributed by atoms with E-state index in [-0.39, 0.29) is 0 Å². The lowest BCUT2D eigenvalue weighted by Gasteiger charge is -2.17. The van der Waals surface area contributed by atoms with Gasteiger partial charge in [-0.3, -0.25) is 0 Å². The molecule has 0 aliphatic carbocycles. The van der Waals surface area contributed by atoms with Gasteiger partial charge in [-0.15, -0.1) is 0 Å². The summed E-state index contributed by atoms with van der Waals surface area (Å²) in [6.07, 6.45) is 4.47. The Labute approximate surface area is 85.0 Å². The van der Waals surface area contributed by atoms with E-state index >= 15 is 0 Å². The summed E-state index contributed by atoms with van der Waals surface area (Å²) in [7, 11) is 1.90. The zero-order valence-corrected chi connectivity index (χ0v) is 9.12. The number of nitrogens with one attached hydrogen (secondary N) is 1. The van der Waals surface area contributed by atoms with Gasteiger partial charge in [-0.25, -0.2) is 4.98 Å². The lowest BCUT2D eigenvalue weighted by atomic mass is 10.1. The molecule has 80 valence electrons. The standard InChI is InChI=1S/C10H19N3O/c1-10(2,14)4-6-13-7-5-12-9(13)8-11-3/h5,7,11,14H,4,6,8H2,1-3H3. The van der Waals surface area contributed by atoms with Crippen molar-refractivity contribution in [2.75, 3.05) is 7.05 Å². The van der Waals surface area contributed by atoms with Gasteiger partial charge in [-0.1, -0.05) is 0 Å². The predicted octanol–water partition coefficient (Wildman–Crippen LogP) is 0.763. The van der Waals surface area contributed by atoms with Crippen molar-refractivity contribution >= 4 is 0 Å². The van der Waals surface area contributed by atoms with Crippen LogP contribution in [0.15, 0.2) is 12.4 Å². The second kappa shape index (κ2) is 4.57. The summed E-state index contributed by atoms with van der Waals surface area (Å²) < 4.78 is 2.06. The van der Waals surface area contributed by atoms with Gasteiger partial charge in [0.1, 0.15) is 5.82 Å². The summed E-state index contributed by atoms with van der Waals surface area (Å²) in [4.78, 5) is 4.23. The summed E-state index contributed by atoms with van der Waals surface area (Å²) >= 11 is 0. The second-order valence-corrected chi connectivity index (χ2v) is 4.13. The normalized spacial score (nSPS) is 12.0. The highest BCUT2D eigenvalue weighted by atomic mass is 16.3. The van der Waals surface area contributed by atoms with Gasteiger partial charge in [0, 0.05) is 18.9 Å². The fourth-order valence-electron chi connectivity index (χ4n) is 1.26. The Kier molecular flexibility index (Phi) is 3.66. The van der Waals surface area contributed by atoms with E-state index in [0.717, 1.165) is 25.3 Å². The van der Waals surface area contributed by atoms with E-state index in [1.807, 2.05) is 27.1 Å². The zero-order chi connectivity index (χ0) is 10.6. The first kappa shape index (κ1) is 11.2. The molecule has 0 aromatic carbocycles. The lowest BCUT2D eigenvalue weighted by Crippen LogP contribution is -2.22.